The van der Waals surface area contributed by atoms with Crippen LogP contribution in [0.1, 0.15) is 18.2 Å². The maximum Gasteiger partial charge on any atom is 0.245 e. The summed E-state index contributed by atoms with van der Waals surface area (Å²) in [4.78, 5) is 25.6. The van der Waals surface area contributed by atoms with E-state index in [2.05, 4.69) is 30.7 Å². The number of carbonyl (C=O) groups excluding carboxylic acids is 1. The number of hydrogen-bond donors (Lipinski definition) is 3. The number of fused-ring (bicyclic) bond motifs is 1. The van der Waals surface area contributed by atoms with Crippen molar-refractivity contribution in [3.05, 3.63) is 47.9 Å². The molecule has 0 radical (unpaired) electrons. The minimum atomic E-state index is -0.219. The van der Waals surface area contributed by atoms with Crippen LogP contribution in [0.4, 0.5) is 17.6 Å². The standard InChI is InChI=1S/C21H25N9O2/c1-4-30-16(9-13(2)28-30)25-17(31)11-29-12-24-18-19(26-21(22)27-20(18)29)23-10-14-5-7-15(32-3)8-6-14/h5-9,12H,4,10-11H2,1-3H3,(H,25,31)(H3,22,23,26,27). The fourth-order valence-corrected chi connectivity index (χ4v) is 3.35. The zero-order valence-corrected chi connectivity index (χ0v) is 18.2. The molecule has 3 heterocycles. The zero-order chi connectivity index (χ0) is 22.7. The van der Waals surface area contributed by atoms with E-state index in [1.54, 1.807) is 22.7 Å². The Morgan fingerprint density at radius 1 is 1.22 bits per heavy atom. The summed E-state index contributed by atoms with van der Waals surface area (Å²) in [7, 11) is 1.63. The van der Waals surface area contributed by atoms with Crippen molar-refractivity contribution in [2.45, 2.75) is 33.5 Å². The summed E-state index contributed by atoms with van der Waals surface area (Å²) in [5.41, 5.74) is 8.81. The summed E-state index contributed by atoms with van der Waals surface area (Å²) in [5.74, 6) is 1.81. The highest BCUT2D eigenvalue weighted by atomic mass is 16.5. The molecule has 4 aromatic rings. The van der Waals surface area contributed by atoms with Crippen LogP contribution in [0.15, 0.2) is 36.7 Å². The number of imidazole rings is 1. The first-order chi connectivity index (χ1) is 15.5. The molecule has 11 heteroatoms. The average Bonchev–Trinajstić information content (AvgIpc) is 3.34. The molecule has 0 saturated heterocycles. The Kier molecular flexibility index (Phi) is 5.88. The molecule has 0 saturated carbocycles. The molecule has 0 bridgehead atoms. The van der Waals surface area contributed by atoms with E-state index in [-0.39, 0.29) is 18.4 Å². The fraction of sp³-hybridized carbons (Fsp3) is 0.286. The Labute approximate surface area is 184 Å². The van der Waals surface area contributed by atoms with Gasteiger partial charge in [-0.25, -0.2) is 9.67 Å². The van der Waals surface area contributed by atoms with Crippen LogP contribution in [-0.4, -0.2) is 42.3 Å². The number of nitrogens with two attached hydrogens (primary N) is 1. The van der Waals surface area contributed by atoms with E-state index in [1.807, 2.05) is 44.2 Å². The fourth-order valence-electron chi connectivity index (χ4n) is 3.35. The number of anilines is 3. The molecule has 4 N–H and O–H groups in total. The lowest BCUT2D eigenvalue weighted by atomic mass is 10.2. The maximum absolute atomic E-state index is 12.6. The number of nitrogens with one attached hydrogen (secondary N) is 2. The predicted octanol–water partition coefficient (Wildman–Crippen LogP) is 2.19. The smallest absolute Gasteiger partial charge is 0.245 e. The van der Waals surface area contributed by atoms with E-state index >= 15 is 0 Å². The second kappa shape index (κ2) is 8.92. The third-order valence-corrected chi connectivity index (χ3v) is 4.88. The largest absolute Gasteiger partial charge is 0.497 e. The van der Waals surface area contributed by atoms with E-state index in [4.69, 9.17) is 10.5 Å². The highest BCUT2D eigenvalue weighted by molar-refractivity contribution is 5.91. The average molecular weight is 435 g/mol. The van der Waals surface area contributed by atoms with Gasteiger partial charge in [0.15, 0.2) is 17.0 Å². The number of aromatic nitrogens is 6. The van der Waals surface area contributed by atoms with Gasteiger partial charge in [-0.1, -0.05) is 12.1 Å². The van der Waals surface area contributed by atoms with Gasteiger partial charge >= 0.3 is 0 Å². The molecule has 11 nitrogen and oxygen atoms in total. The number of ether oxygens (including phenoxy) is 1. The van der Waals surface area contributed by atoms with Crippen molar-refractivity contribution >= 4 is 34.7 Å². The summed E-state index contributed by atoms with van der Waals surface area (Å²) in [6, 6.07) is 9.52. The lowest BCUT2D eigenvalue weighted by Gasteiger charge is -2.09. The number of nitrogen functional groups attached to an aromatic ring is 1. The predicted molar refractivity (Wildman–Crippen MR) is 121 cm³/mol. The van der Waals surface area contributed by atoms with Gasteiger partial charge in [-0.3, -0.25) is 4.79 Å². The number of rotatable bonds is 8. The van der Waals surface area contributed by atoms with Crippen molar-refractivity contribution in [3.63, 3.8) is 0 Å². The molecule has 0 atom stereocenters. The van der Waals surface area contributed by atoms with Crippen molar-refractivity contribution < 1.29 is 9.53 Å². The number of hydrogen-bond acceptors (Lipinski definition) is 8. The third-order valence-electron chi connectivity index (χ3n) is 4.88. The molecule has 0 aliphatic rings. The van der Waals surface area contributed by atoms with E-state index in [9.17, 15) is 4.79 Å². The molecule has 0 aliphatic heterocycles. The first-order valence-corrected chi connectivity index (χ1v) is 10.2. The summed E-state index contributed by atoms with van der Waals surface area (Å²) >= 11 is 0. The van der Waals surface area contributed by atoms with Crippen molar-refractivity contribution in [3.8, 4) is 5.75 Å². The van der Waals surface area contributed by atoms with E-state index in [0.29, 0.717) is 35.9 Å². The highest BCUT2D eigenvalue weighted by Gasteiger charge is 2.15. The van der Waals surface area contributed by atoms with E-state index in [0.717, 1.165) is 17.0 Å². The quantitative estimate of drug-likeness (QED) is 0.383. The van der Waals surface area contributed by atoms with Crippen LogP contribution >= 0.6 is 0 Å². The Hall–Kier alpha value is -4.15. The molecule has 0 unspecified atom stereocenters. The lowest BCUT2D eigenvalue weighted by Crippen LogP contribution is -2.20. The van der Waals surface area contributed by atoms with Gasteiger partial charge in [0.1, 0.15) is 18.1 Å². The number of aryl methyl sites for hydroxylation is 2. The zero-order valence-electron chi connectivity index (χ0n) is 18.2. The van der Waals surface area contributed by atoms with Gasteiger partial charge in [-0.05, 0) is 31.5 Å². The molecular weight excluding hydrogens is 410 g/mol. The summed E-state index contributed by atoms with van der Waals surface area (Å²) in [6.45, 7) is 5.05. The van der Waals surface area contributed by atoms with Crippen LogP contribution in [0.25, 0.3) is 11.2 Å². The first kappa shape index (κ1) is 21.1. The number of benzene rings is 1. The van der Waals surface area contributed by atoms with Crippen molar-refractivity contribution in [2.24, 2.45) is 0 Å². The maximum atomic E-state index is 12.6. The molecular formula is C21H25N9O2. The molecule has 3 aromatic heterocycles. The summed E-state index contributed by atoms with van der Waals surface area (Å²) in [5, 5.41) is 10.5. The Morgan fingerprint density at radius 3 is 2.72 bits per heavy atom. The summed E-state index contributed by atoms with van der Waals surface area (Å²) < 4.78 is 8.56. The Balaban J connectivity index is 1.51. The first-order valence-electron chi connectivity index (χ1n) is 10.2. The van der Waals surface area contributed by atoms with E-state index in [1.165, 1.54) is 0 Å². The normalized spacial score (nSPS) is 11.0. The minimum absolute atomic E-state index is 0.0266. The molecule has 4 rings (SSSR count). The second-order valence-electron chi connectivity index (χ2n) is 7.21. The van der Waals surface area contributed by atoms with Gasteiger partial charge < -0.3 is 25.7 Å². The van der Waals surface area contributed by atoms with Gasteiger partial charge in [0.2, 0.25) is 11.9 Å². The number of carbonyl (C=O) groups is 1. The number of amides is 1. The van der Waals surface area contributed by atoms with Gasteiger partial charge in [-0.15, -0.1) is 0 Å². The Bertz CT molecular complexity index is 1240. The molecule has 166 valence electrons. The van der Waals surface area contributed by atoms with Crippen LogP contribution in [0, 0.1) is 6.92 Å². The summed E-state index contributed by atoms with van der Waals surface area (Å²) in [6.07, 6.45) is 1.55. The van der Waals surface area contributed by atoms with Crippen molar-refractivity contribution in [1.29, 1.82) is 0 Å². The molecule has 1 amide bonds. The van der Waals surface area contributed by atoms with Crippen LogP contribution in [-0.2, 0) is 24.4 Å². The number of nitrogens with zero attached hydrogens (tertiary/aromatic N) is 6. The molecule has 32 heavy (non-hydrogen) atoms. The lowest BCUT2D eigenvalue weighted by molar-refractivity contribution is -0.116. The molecule has 0 fully saturated rings. The number of methoxy groups -OCH3 is 1. The van der Waals surface area contributed by atoms with Gasteiger partial charge in [0, 0.05) is 19.2 Å². The van der Waals surface area contributed by atoms with Gasteiger partial charge in [-0.2, -0.15) is 15.1 Å². The SMILES string of the molecule is CCn1nc(C)cc1NC(=O)Cn1cnc2c(NCc3ccc(OC)cc3)nc(N)nc21. The van der Waals surface area contributed by atoms with Crippen LogP contribution in [0.3, 0.4) is 0 Å². The topological polar surface area (TPSA) is 138 Å². The molecule has 0 spiro atoms. The van der Waals surface area contributed by atoms with Crippen LogP contribution < -0.4 is 21.1 Å². The van der Waals surface area contributed by atoms with Crippen LogP contribution in [0.5, 0.6) is 5.75 Å². The van der Waals surface area contributed by atoms with Crippen molar-refractivity contribution in [2.75, 3.05) is 23.5 Å². The molecule has 0 aliphatic carbocycles. The van der Waals surface area contributed by atoms with Crippen LogP contribution in [0.2, 0.25) is 0 Å². The van der Waals surface area contributed by atoms with Gasteiger partial charge in [0.05, 0.1) is 19.1 Å². The van der Waals surface area contributed by atoms with Crippen molar-refractivity contribution in [1.82, 2.24) is 29.3 Å². The molecule has 1 aromatic carbocycles. The monoisotopic (exact) mass is 435 g/mol. The van der Waals surface area contributed by atoms with Gasteiger partial charge in [0.25, 0.3) is 0 Å². The minimum Gasteiger partial charge on any atom is -0.497 e. The highest BCUT2D eigenvalue weighted by Crippen LogP contribution is 2.21. The van der Waals surface area contributed by atoms with E-state index < -0.39 is 0 Å². The third kappa shape index (κ3) is 4.46. The second-order valence-corrected chi connectivity index (χ2v) is 7.21. The Morgan fingerprint density at radius 2 is 2.00 bits per heavy atom.